The van der Waals surface area contributed by atoms with E-state index in [0.717, 1.165) is 17.3 Å². The number of benzene rings is 1. The molecule has 0 saturated heterocycles. The number of aryl methyl sites for hydroxylation is 1. The number of thioether (sulfide) groups is 1. The summed E-state index contributed by atoms with van der Waals surface area (Å²) >= 11 is 3.33. The van der Waals surface area contributed by atoms with Gasteiger partial charge in [-0.25, -0.2) is 12.7 Å². The third-order valence-electron chi connectivity index (χ3n) is 4.60. The summed E-state index contributed by atoms with van der Waals surface area (Å²) in [5, 5.41) is 11.5. The molecule has 0 aliphatic heterocycles. The van der Waals surface area contributed by atoms with Crippen LogP contribution in [0.1, 0.15) is 4.88 Å². The summed E-state index contributed by atoms with van der Waals surface area (Å²) in [6.45, 7) is 0.376. The van der Waals surface area contributed by atoms with E-state index >= 15 is 0 Å². The highest BCUT2D eigenvalue weighted by molar-refractivity contribution is 7.99. The van der Waals surface area contributed by atoms with E-state index in [4.69, 9.17) is 9.47 Å². The normalized spacial score (nSPS) is 12.2. The molecule has 0 fully saturated rings. The Balaban J connectivity index is 1.93. The topological polar surface area (TPSA) is 86.5 Å². The smallest absolute Gasteiger partial charge is 0.242 e. The lowest BCUT2D eigenvalue weighted by Crippen LogP contribution is -2.22. The average Bonchev–Trinajstić information content (AvgIpc) is 3.42. The Morgan fingerprint density at radius 2 is 1.94 bits per heavy atom. The first-order valence-corrected chi connectivity index (χ1v) is 12.8. The summed E-state index contributed by atoms with van der Waals surface area (Å²) in [5.41, 5.74) is 0.659. The first kappa shape index (κ1) is 23.9. The number of sulfonamides is 1. The quantitative estimate of drug-likeness (QED) is 0.306. The lowest BCUT2D eigenvalue weighted by molar-refractivity contribution is -0.111. The maximum atomic E-state index is 12.6. The fourth-order valence-corrected chi connectivity index (χ4v) is 5.58. The van der Waals surface area contributed by atoms with Gasteiger partial charge in [-0.2, -0.15) is 0 Å². The summed E-state index contributed by atoms with van der Waals surface area (Å²) in [6.07, 6.45) is 0.444. The maximum absolute atomic E-state index is 12.6. The Bertz CT molecular complexity index is 1080. The Morgan fingerprint density at radius 3 is 2.58 bits per heavy atom. The zero-order valence-corrected chi connectivity index (χ0v) is 20.3. The number of rotatable bonds is 11. The molecular weight excluding hydrogens is 456 g/mol. The molecule has 11 heteroatoms. The van der Waals surface area contributed by atoms with E-state index in [0.29, 0.717) is 17.9 Å². The van der Waals surface area contributed by atoms with Crippen LogP contribution in [-0.2, 0) is 32.5 Å². The molecule has 0 amide bonds. The molecule has 0 aliphatic carbocycles. The van der Waals surface area contributed by atoms with E-state index in [2.05, 4.69) is 21.6 Å². The highest BCUT2D eigenvalue weighted by Crippen LogP contribution is 2.28. The van der Waals surface area contributed by atoms with Crippen molar-refractivity contribution in [2.24, 2.45) is 0 Å². The minimum atomic E-state index is -3.56. The van der Waals surface area contributed by atoms with E-state index in [9.17, 15) is 8.42 Å². The molecule has 1 aromatic carbocycles. The van der Waals surface area contributed by atoms with Crippen molar-refractivity contribution in [2.45, 2.75) is 29.3 Å². The Morgan fingerprint density at radius 1 is 1.16 bits per heavy atom. The van der Waals surface area contributed by atoms with Crippen molar-refractivity contribution < 1.29 is 17.9 Å². The van der Waals surface area contributed by atoms with E-state index in [1.54, 1.807) is 55.5 Å². The van der Waals surface area contributed by atoms with Gasteiger partial charge in [-0.05, 0) is 30.0 Å². The molecule has 31 heavy (non-hydrogen) atoms. The van der Waals surface area contributed by atoms with Crippen molar-refractivity contribution in [1.82, 2.24) is 19.1 Å². The molecular formula is C20H26N4O4S3. The maximum Gasteiger partial charge on any atom is 0.242 e. The monoisotopic (exact) mass is 482 g/mol. The molecule has 8 nitrogen and oxygen atoms in total. The highest BCUT2D eigenvalue weighted by atomic mass is 32.2. The molecule has 0 bridgehead atoms. The van der Waals surface area contributed by atoms with Gasteiger partial charge in [0, 0.05) is 44.5 Å². The summed E-state index contributed by atoms with van der Waals surface area (Å²) in [6, 6.07) is 10.9. The van der Waals surface area contributed by atoms with E-state index in [1.165, 1.54) is 23.3 Å². The largest absolute Gasteiger partial charge is 0.354 e. The van der Waals surface area contributed by atoms with Gasteiger partial charge >= 0.3 is 0 Å². The second-order valence-electron chi connectivity index (χ2n) is 6.81. The van der Waals surface area contributed by atoms with Crippen LogP contribution in [-0.4, -0.2) is 67.8 Å². The number of nitrogens with zero attached hydrogens (tertiary/aromatic N) is 4. The summed E-state index contributed by atoms with van der Waals surface area (Å²) < 4.78 is 39.0. The highest BCUT2D eigenvalue weighted by Gasteiger charge is 2.22. The van der Waals surface area contributed by atoms with Crippen molar-refractivity contribution >= 4 is 33.1 Å². The number of aromatic nitrogens is 3. The van der Waals surface area contributed by atoms with Crippen LogP contribution in [0.2, 0.25) is 0 Å². The standard InChI is InChI=1S/C20H26N4O4S3/c1-23(2)31(25,26)17-9-5-7-15(13-17)19-21-22-20(24(19)14-18(27-3)28-4)30-12-10-16-8-6-11-29-16/h5-9,11,13,18H,10,12,14H2,1-4H3. The second-order valence-corrected chi connectivity index (χ2v) is 11.1. The first-order chi connectivity index (χ1) is 14.9. The number of methoxy groups -OCH3 is 2. The third-order valence-corrected chi connectivity index (χ3v) is 8.32. The number of ether oxygens (including phenoxy) is 2. The molecule has 0 saturated carbocycles. The number of thiophene rings is 1. The molecule has 0 aliphatic rings. The van der Waals surface area contributed by atoms with Gasteiger partial charge in [0.05, 0.1) is 11.4 Å². The molecule has 168 valence electrons. The van der Waals surface area contributed by atoms with Gasteiger partial charge in [0.1, 0.15) is 0 Å². The molecule has 0 radical (unpaired) electrons. The first-order valence-electron chi connectivity index (χ1n) is 9.53. The van der Waals surface area contributed by atoms with E-state index < -0.39 is 16.3 Å². The van der Waals surface area contributed by atoms with Gasteiger partial charge < -0.3 is 9.47 Å². The van der Waals surface area contributed by atoms with Crippen LogP contribution in [0.5, 0.6) is 0 Å². The van der Waals surface area contributed by atoms with Crippen molar-refractivity contribution in [3.63, 3.8) is 0 Å². The van der Waals surface area contributed by atoms with E-state index in [-0.39, 0.29) is 4.90 Å². The van der Waals surface area contributed by atoms with Crippen molar-refractivity contribution in [1.29, 1.82) is 0 Å². The molecule has 2 heterocycles. The minimum Gasteiger partial charge on any atom is -0.354 e. The average molecular weight is 483 g/mol. The zero-order chi connectivity index (χ0) is 22.4. The summed E-state index contributed by atoms with van der Waals surface area (Å²) in [4.78, 5) is 1.51. The summed E-state index contributed by atoms with van der Waals surface area (Å²) in [5.74, 6) is 1.41. The molecule has 3 aromatic rings. The SMILES string of the molecule is COC(Cn1c(SCCc2cccs2)nnc1-c1cccc(S(=O)(=O)N(C)C)c1)OC. The predicted octanol–water partition coefficient (Wildman–Crippen LogP) is 3.21. The fourth-order valence-electron chi connectivity index (χ4n) is 2.87. The molecule has 0 spiro atoms. The minimum absolute atomic E-state index is 0.200. The van der Waals surface area contributed by atoms with Gasteiger partial charge in [-0.15, -0.1) is 21.5 Å². The van der Waals surface area contributed by atoms with Gasteiger partial charge in [0.25, 0.3) is 0 Å². The van der Waals surface area contributed by atoms with Gasteiger partial charge in [-0.1, -0.05) is 30.0 Å². The Labute approximate surface area is 191 Å². The van der Waals surface area contributed by atoms with Gasteiger partial charge in [0.2, 0.25) is 10.0 Å². The zero-order valence-electron chi connectivity index (χ0n) is 17.9. The van der Waals surface area contributed by atoms with Crippen molar-refractivity contribution in [2.75, 3.05) is 34.1 Å². The summed E-state index contributed by atoms with van der Waals surface area (Å²) in [7, 11) is 2.61. The van der Waals surface area contributed by atoms with Crippen LogP contribution in [0.3, 0.4) is 0 Å². The van der Waals surface area contributed by atoms with Crippen LogP contribution in [0.15, 0.2) is 51.8 Å². The van der Waals surface area contributed by atoms with Crippen molar-refractivity contribution in [3.05, 3.63) is 46.7 Å². The number of hydrogen-bond donors (Lipinski definition) is 0. The van der Waals surface area contributed by atoms with Crippen LogP contribution in [0.25, 0.3) is 11.4 Å². The van der Waals surface area contributed by atoms with Crippen LogP contribution in [0, 0.1) is 0 Å². The molecule has 0 atom stereocenters. The molecule has 0 unspecified atom stereocenters. The molecule has 2 aromatic heterocycles. The van der Waals surface area contributed by atoms with Gasteiger partial charge in [-0.3, -0.25) is 4.57 Å². The second kappa shape index (κ2) is 10.7. The lowest BCUT2D eigenvalue weighted by atomic mass is 10.2. The van der Waals surface area contributed by atoms with E-state index in [1.807, 2.05) is 16.7 Å². The van der Waals surface area contributed by atoms with Crippen LogP contribution in [0.4, 0.5) is 0 Å². The van der Waals surface area contributed by atoms with Gasteiger partial charge in [0.15, 0.2) is 17.3 Å². The Kier molecular flexibility index (Phi) is 8.25. The van der Waals surface area contributed by atoms with Crippen LogP contribution >= 0.6 is 23.1 Å². The fraction of sp³-hybridized carbons (Fsp3) is 0.400. The Hall–Kier alpha value is -1.76. The third kappa shape index (κ3) is 5.73. The predicted molar refractivity (Wildman–Crippen MR) is 123 cm³/mol. The van der Waals surface area contributed by atoms with Crippen LogP contribution < -0.4 is 0 Å². The lowest BCUT2D eigenvalue weighted by Gasteiger charge is -2.17. The molecule has 0 N–H and O–H groups in total. The van der Waals surface area contributed by atoms with Crippen molar-refractivity contribution in [3.8, 4) is 11.4 Å². The number of hydrogen-bond acceptors (Lipinski definition) is 8. The molecule has 3 rings (SSSR count).